The standard InChI is InChI=1S/C26H40O5/c1-3-4-5-6-7-8-9-10-11-12-13-14-15-16-17-18-19-20-21-25(30-2)26(29)31-24(22-27)23-28/h4-5,7-8,10-11,13-14,16-17,19-20,24-25,27-28H,3,6,9,12,15,18,21-23H2,1-2H3/b5-4+,8-7+,11-10+,14-13+,17-16+,20-19+. The van der Waals surface area contributed by atoms with Crippen LogP contribution in [-0.2, 0) is 14.3 Å². The van der Waals surface area contributed by atoms with E-state index in [1.807, 2.05) is 12.2 Å². The van der Waals surface area contributed by atoms with E-state index in [-0.39, 0.29) is 0 Å². The molecule has 2 N–H and O–H groups in total. The average molecular weight is 433 g/mol. The number of hydrogen-bond donors (Lipinski definition) is 2. The lowest BCUT2D eigenvalue weighted by molar-refractivity contribution is -0.164. The fourth-order valence-corrected chi connectivity index (χ4v) is 2.40. The van der Waals surface area contributed by atoms with Gasteiger partial charge in [0.25, 0.3) is 0 Å². The summed E-state index contributed by atoms with van der Waals surface area (Å²) in [6.45, 7) is 1.30. The van der Waals surface area contributed by atoms with Gasteiger partial charge in [0, 0.05) is 13.5 Å². The molecule has 0 spiro atoms. The van der Waals surface area contributed by atoms with Gasteiger partial charge in [-0.1, -0.05) is 79.8 Å². The van der Waals surface area contributed by atoms with Crippen molar-refractivity contribution in [2.24, 2.45) is 0 Å². The lowest BCUT2D eigenvalue weighted by Gasteiger charge is -2.17. The highest BCUT2D eigenvalue weighted by Gasteiger charge is 2.21. The zero-order chi connectivity index (χ0) is 23.0. The molecule has 0 heterocycles. The number of carbonyl (C=O) groups is 1. The molecule has 0 rings (SSSR count). The summed E-state index contributed by atoms with van der Waals surface area (Å²) in [7, 11) is 1.43. The summed E-state index contributed by atoms with van der Waals surface area (Å²) in [4.78, 5) is 11.9. The monoisotopic (exact) mass is 432 g/mol. The van der Waals surface area contributed by atoms with Crippen molar-refractivity contribution in [3.63, 3.8) is 0 Å². The van der Waals surface area contributed by atoms with Gasteiger partial charge in [0.05, 0.1) is 13.2 Å². The van der Waals surface area contributed by atoms with Gasteiger partial charge >= 0.3 is 5.97 Å². The lowest BCUT2D eigenvalue weighted by atomic mass is 10.2. The van der Waals surface area contributed by atoms with Crippen LogP contribution in [0.15, 0.2) is 72.9 Å². The molecule has 1 unspecified atom stereocenters. The summed E-state index contributed by atoms with van der Waals surface area (Å²) < 4.78 is 10.1. The number of esters is 1. The highest BCUT2D eigenvalue weighted by molar-refractivity contribution is 5.75. The molecule has 0 amide bonds. The van der Waals surface area contributed by atoms with Gasteiger partial charge in [-0.05, 0) is 38.5 Å². The molecule has 0 aliphatic rings. The molecule has 0 fully saturated rings. The van der Waals surface area contributed by atoms with Crippen LogP contribution in [0.4, 0.5) is 0 Å². The van der Waals surface area contributed by atoms with E-state index in [4.69, 9.17) is 19.7 Å². The van der Waals surface area contributed by atoms with Crippen molar-refractivity contribution in [1.29, 1.82) is 0 Å². The van der Waals surface area contributed by atoms with Gasteiger partial charge in [-0.15, -0.1) is 0 Å². The molecule has 0 aromatic rings. The second-order valence-electron chi connectivity index (χ2n) is 6.80. The Balaban J connectivity index is 3.88. The van der Waals surface area contributed by atoms with Crippen LogP contribution in [0.3, 0.4) is 0 Å². The second kappa shape index (κ2) is 22.5. The van der Waals surface area contributed by atoms with Gasteiger partial charge in [0.15, 0.2) is 6.10 Å². The van der Waals surface area contributed by atoms with E-state index >= 15 is 0 Å². The van der Waals surface area contributed by atoms with Crippen molar-refractivity contribution in [2.75, 3.05) is 20.3 Å². The van der Waals surface area contributed by atoms with Crippen LogP contribution in [0, 0.1) is 0 Å². The number of ether oxygens (including phenoxy) is 2. The van der Waals surface area contributed by atoms with Crippen molar-refractivity contribution in [3.05, 3.63) is 72.9 Å². The van der Waals surface area contributed by atoms with Crippen molar-refractivity contribution in [3.8, 4) is 0 Å². The maximum atomic E-state index is 11.9. The summed E-state index contributed by atoms with van der Waals surface area (Å²) in [6, 6.07) is 0. The Labute approximate surface area is 188 Å². The topological polar surface area (TPSA) is 76.0 Å². The van der Waals surface area contributed by atoms with E-state index < -0.39 is 31.4 Å². The third-order valence-corrected chi connectivity index (χ3v) is 4.18. The average Bonchev–Trinajstić information content (AvgIpc) is 2.78. The van der Waals surface area contributed by atoms with Crippen LogP contribution in [0.1, 0.15) is 51.9 Å². The maximum absolute atomic E-state index is 11.9. The fraction of sp³-hybridized carbons (Fsp3) is 0.500. The normalized spacial score (nSPS) is 14.0. The molecule has 5 nitrogen and oxygen atoms in total. The number of allylic oxidation sites excluding steroid dienone is 11. The number of hydrogen-bond acceptors (Lipinski definition) is 5. The summed E-state index contributed by atoms with van der Waals surface area (Å²) in [6.07, 6.45) is 29.8. The first-order valence-corrected chi connectivity index (χ1v) is 11.0. The van der Waals surface area contributed by atoms with Crippen LogP contribution in [0.2, 0.25) is 0 Å². The van der Waals surface area contributed by atoms with Gasteiger partial charge in [0.1, 0.15) is 6.10 Å². The molecule has 1 atom stereocenters. The Morgan fingerprint density at radius 3 is 1.45 bits per heavy atom. The van der Waals surface area contributed by atoms with Gasteiger partial charge in [-0.2, -0.15) is 0 Å². The molecule has 31 heavy (non-hydrogen) atoms. The Hall–Kier alpha value is -2.21. The first kappa shape index (κ1) is 28.8. The van der Waals surface area contributed by atoms with E-state index in [1.165, 1.54) is 7.11 Å². The molecule has 0 bridgehead atoms. The predicted molar refractivity (Wildman–Crippen MR) is 128 cm³/mol. The van der Waals surface area contributed by atoms with E-state index in [0.717, 1.165) is 38.5 Å². The number of aliphatic hydroxyl groups is 2. The lowest BCUT2D eigenvalue weighted by Crippen LogP contribution is -2.32. The van der Waals surface area contributed by atoms with E-state index in [2.05, 4.69) is 67.7 Å². The third-order valence-electron chi connectivity index (χ3n) is 4.18. The zero-order valence-corrected chi connectivity index (χ0v) is 19.1. The summed E-state index contributed by atoms with van der Waals surface area (Å²) in [5.41, 5.74) is 0. The molecule has 0 aliphatic carbocycles. The van der Waals surface area contributed by atoms with Crippen molar-refractivity contribution < 1.29 is 24.5 Å². The zero-order valence-electron chi connectivity index (χ0n) is 19.1. The largest absolute Gasteiger partial charge is 0.456 e. The van der Waals surface area contributed by atoms with Crippen LogP contribution < -0.4 is 0 Å². The van der Waals surface area contributed by atoms with Crippen molar-refractivity contribution >= 4 is 5.97 Å². The summed E-state index contributed by atoms with van der Waals surface area (Å²) in [5.74, 6) is -0.588. The Morgan fingerprint density at radius 2 is 1.10 bits per heavy atom. The van der Waals surface area contributed by atoms with Crippen LogP contribution >= 0.6 is 0 Å². The number of carbonyl (C=O) groups excluding carboxylic acids is 1. The summed E-state index contributed by atoms with van der Waals surface area (Å²) >= 11 is 0. The highest BCUT2D eigenvalue weighted by atomic mass is 16.6. The van der Waals surface area contributed by atoms with Crippen molar-refractivity contribution in [2.45, 2.75) is 64.1 Å². The molecule has 5 heteroatoms. The molecule has 0 saturated heterocycles. The number of aliphatic hydroxyl groups excluding tert-OH is 2. The maximum Gasteiger partial charge on any atom is 0.336 e. The summed E-state index contributed by atoms with van der Waals surface area (Å²) in [5, 5.41) is 17.9. The molecule has 0 radical (unpaired) electrons. The van der Waals surface area contributed by atoms with Gasteiger partial charge < -0.3 is 19.7 Å². The van der Waals surface area contributed by atoms with Gasteiger partial charge in [-0.3, -0.25) is 0 Å². The minimum absolute atomic E-state index is 0.379. The fourth-order valence-electron chi connectivity index (χ4n) is 2.40. The minimum atomic E-state index is -0.907. The Bertz CT molecular complexity index is 595. The third kappa shape index (κ3) is 18.3. The minimum Gasteiger partial charge on any atom is -0.456 e. The van der Waals surface area contributed by atoms with Gasteiger partial charge in [-0.25, -0.2) is 4.79 Å². The molecule has 0 saturated carbocycles. The Kier molecular flexibility index (Phi) is 20.9. The number of methoxy groups -OCH3 is 1. The quantitative estimate of drug-likeness (QED) is 0.236. The smallest absolute Gasteiger partial charge is 0.336 e. The molecule has 0 aliphatic heterocycles. The predicted octanol–water partition coefficient (Wildman–Crippen LogP) is 4.99. The molecule has 0 aromatic heterocycles. The van der Waals surface area contributed by atoms with Crippen LogP contribution in [-0.4, -0.2) is 48.7 Å². The van der Waals surface area contributed by atoms with Crippen LogP contribution in [0.25, 0.3) is 0 Å². The van der Waals surface area contributed by atoms with Crippen molar-refractivity contribution in [1.82, 2.24) is 0 Å². The van der Waals surface area contributed by atoms with E-state index in [0.29, 0.717) is 6.42 Å². The molecular weight excluding hydrogens is 392 g/mol. The highest BCUT2D eigenvalue weighted by Crippen LogP contribution is 2.05. The first-order valence-electron chi connectivity index (χ1n) is 11.0. The second-order valence-corrected chi connectivity index (χ2v) is 6.80. The van der Waals surface area contributed by atoms with Gasteiger partial charge in [0.2, 0.25) is 0 Å². The number of rotatable bonds is 18. The van der Waals surface area contributed by atoms with Crippen LogP contribution in [0.5, 0.6) is 0 Å². The molecule has 174 valence electrons. The Morgan fingerprint density at radius 1 is 0.710 bits per heavy atom. The molecule has 0 aromatic carbocycles. The first-order chi connectivity index (χ1) is 15.2. The molecular formula is C26H40O5. The van der Waals surface area contributed by atoms with E-state index in [9.17, 15) is 4.79 Å². The SMILES string of the molecule is CC/C=C/C/C=C/C/C=C/C/C=C/C/C=C/C/C=C/CC(OC)C(=O)OC(CO)CO. The van der Waals surface area contributed by atoms with E-state index in [1.54, 1.807) is 0 Å².